The van der Waals surface area contributed by atoms with Gasteiger partial charge >= 0.3 is 0 Å². The zero-order chi connectivity index (χ0) is 18.5. The second kappa shape index (κ2) is 6.51. The van der Waals surface area contributed by atoms with E-state index in [9.17, 15) is 8.42 Å². The van der Waals surface area contributed by atoms with Crippen LogP contribution in [0.4, 0.5) is 11.4 Å². The molecule has 0 amide bonds. The van der Waals surface area contributed by atoms with Crippen LogP contribution >= 0.6 is 28.1 Å². The first-order valence-electron chi connectivity index (χ1n) is 8.12. The van der Waals surface area contributed by atoms with Crippen LogP contribution in [0.5, 0.6) is 5.75 Å². The molecule has 5 nitrogen and oxygen atoms in total. The van der Waals surface area contributed by atoms with Crippen molar-refractivity contribution in [1.29, 1.82) is 0 Å². The van der Waals surface area contributed by atoms with Gasteiger partial charge in [0, 0.05) is 21.9 Å². The molecular weight excluding hydrogens is 436 g/mol. The molecule has 4 rings (SSSR count). The van der Waals surface area contributed by atoms with Crippen molar-refractivity contribution >= 4 is 54.5 Å². The van der Waals surface area contributed by atoms with E-state index in [1.54, 1.807) is 7.11 Å². The lowest BCUT2D eigenvalue weighted by Crippen LogP contribution is -2.37. The summed E-state index contributed by atoms with van der Waals surface area (Å²) in [5.41, 5.74) is 1.75. The van der Waals surface area contributed by atoms with E-state index in [2.05, 4.69) is 15.9 Å². The average molecular weight is 453 g/mol. The van der Waals surface area contributed by atoms with Crippen molar-refractivity contribution < 1.29 is 13.2 Å². The molecule has 0 saturated carbocycles. The molecule has 0 spiro atoms. The van der Waals surface area contributed by atoms with Gasteiger partial charge in [0.1, 0.15) is 5.75 Å². The molecule has 136 valence electrons. The highest BCUT2D eigenvalue weighted by Gasteiger charge is 2.52. The highest BCUT2D eigenvalue weighted by atomic mass is 79.9. The number of rotatable bonds is 3. The van der Waals surface area contributed by atoms with Gasteiger partial charge in [-0.3, -0.25) is 0 Å². The molecule has 0 radical (unpaired) electrons. The topological polar surface area (TPSA) is 49.9 Å². The predicted molar refractivity (Wildman–Crippen MR) is 111 cm³/mol. The van der Waals surface area contributed by atoms with Crippen LogP contribution in [0.15, 0.2) is 53.0 Å². The zero-order valence-electron chi connectivity index (χ0n) is 14.0. The van der Waals surface area contributed by atoms with Crippen LogP contribution in [-0.2, 0) is 9.84 Å². The number of ether oxygens (including phenoxy) is 1. The number of nitrogens with zero attached hydrogens (tertiary/aromatic N) is 2. The van der Waals surface area contributed by atoms with E-state index in [1.165, 1.54) is 0 Å². The summed E-state index contributed by atoms with van der Waals surface area (Å²) in [5.74, 6) is 0.918. The number of hydrogen-bond donors (Lipinski definition) is 0. The smallest absolute Gasteiger partial charge is 0.181 e. The monoisotopic (exact) mass is 452 g/mol. The van der Waals surface area contributed by atoms with E-state index in [1.807, 2.05) is 58.3 Å². The minimum atomic E-state index is -3.12. The van der Waals surface area contributed by atoms with Gasteiger partial charge in [0.15, 0.2) is 14.9 Å². The zero-order valence-corrected chi connectivity index (χ0v) is 17.2. The summed E-state index contributed by atoms with van der Waals surface area (Å²) in [6.45, 7) is 0. The van der Waals surface area contributed by atoms with Crippen molar-refractivity contribution in [3.05, 3.63) is 53.0 Å². The van der Waals surface area contributed by atoms with Gasteiger partial charge in [0.2, 0.25) is 0 Å². The van der Waals surface area contributed by atoms with Gasteiger partial charge in [-0.05, 0) is 48.6 Å². The van der Waals surface area contributed by atoms with Crippen molar-refractivity contribution in [1.82, 2.24) is 0 Å². The summed E-state index contributed by atoms with van der Waals surface area (Å²) in [5, 5.41) is 0.616. The minimum Gasteiger partial charge on any atom is -0.497 e. The van der Waals surface area contributed by atoms with Gasteiger partial charge in [0.25, 0.3) is 0 Å². The molecule has 2 unspecified atom stereocenters. The number of methoxy groups -OCH3 is 1. The van der Waals surface area contributed by atoms with E-state index in [0.717, 1.165) is 15.8 Å². The van der Waals surface area contributed by atoms with E-state index < -0.39 is 9.84 Å². The summed E-state index contributed by atoms with van der Waals surface area (Å²) in [6, 6.07) is 14.9. The first-order chi connectivity index (χ1) is 12.4. The fourth-order valence-corrected chi connectivity index (χ4v) is 6.33. The second-order valence-corrected chi connectivity index (χ2v) is 9.85. The highest BCUT2D eigenvalue weighted by molar-refractivity contribution is 9.10. The normalized spacial score (nSPS) is 24.0. The third-order valence-corrected chi connectivity index (χ3v) is 7.43. The molecule has 2 heterocycles. The lowest BCUT2D eigenvalue weighted by atomic mass is 10.1. The number of thiocarbonyl (C=S) groups is 1. The first kappa shape index (κ1) is 17.8. The van der Waals surface area contributed by atoms with Crippen LogP contribution in [-0.4, -0.2) is 44.2 Å². The number of benzene rings is 2. The number of anilines is 2. The van der Waals surface area contributed by atoms with Crippen LogP contribution in [0.3, 0.4) is 0 Å². The van der Waals surface area contributed by atoms with E-state index >= 15 is 0 Å². The molecule has 2 atom stereocenters. The second-order valence-electron chi connectivity index (χ2n) is 6.41. The van der Waals surface area contributed by atoms with Crippen LogP contribution in [0, 0.1) is 0 Å². The first-order valence-corrected chi connectivity index (χ1v) is 11.1. The lowest BCUT2D eigenvalue weighted by Gasteiger charge is -2.26. The fourth-order valence-electron chi connectivity index (χ4n) is 3.67. The van der Waals surface area contributed by atoms with Crippen molar-refractivity contribution in [2.75, 3.05) is 28.4 Å². The molecule has 8 heteroatoms. The van der Waals surface area contributed by atoms with E-state index in [0.29, 0.717) is 10.9 Å². The molecule has 2 aliphatic rings. The summed E-state index contributed by atoms with van der Waals surface area (Å²) in [7, 11) is -1.51. The Hall–Kier alpha value is -1.64. The van der Waals surface area contributed by atoms with E-state index in [4.69, 9.17) is 17.0 Å². The number of fused-ring (bicyclic) bond motifs is 1. The van der Waals surface area contributed by atoms with Gasteiger partial charge in [-0.2, -0.15) is 0 Å². The molecule has 2 aliphatic heterocycles. The molecule has 2 fully saturated rings. The standard InChI is InChI=1S/C18H17BrN2O3S2/c1-24-15-4-2-3-14(9-15)21-17-11-26(22,23)10-16(17)20(18(21)25)13-7-5-12(19)6-8-13/h2-9,16-17H,10-11H2,1H3. The molecule has 2 aromatic carbocycles. The number of hydrogen-bond acceptors (Lipinski definition) is 4. The summed E-state index contributed by atoms with van der Waals surface area (Å²) in [6.07, 6.45) is 0. The highest BCUT2D eigenvalue weighted by Crippen LogP contribution is 2.39. The molecule has 2 aromatic rings. The average Bonchev–Trinajstić information content (AvgIpc) is 3.04. The van der Waals surface area contributed by atoms with Gasteiger partial charge < -0.3 is 14.5 Å². The quantitative estimate of drug-likeness (QED) is 0.666. The molecule has 26 heavy (non-hydrogen) atoms. The van der Waals surface area contributed by atoms with Crippen LogP contribution in [0.2, 0.25) is 0 Å². The van der Waals surface area contributed by atoms with Crippen LogP contribution in [0.25, 0.3) is 0 Å². The summed E-state index contributed by atoms with van der Waals surface area (Å²) in [4.78, 5) is 3.92. The fraction of sp³-hybridized carbons (Fsp3) is 0.278. The Morgan fingerprint density at radius 3 is 2.27 bits per heavy atom. The summed E-state index contributed by atoms with van der Waals surface area (Å²) < 4.78 is 31.0. The molecule has 0 aromatic heterocycles. The molecule has 0 aliphatic carbocycles. The lowest BCUT2D eigenvalue weighted by molar-refractivity contribution is 0.415. The van der Waals surface area contributed by atoms with Crippen LogP contribution in [0.1, 0.15) is 0 Å². The Morgan fingerprint density at radius 2 is 1.65 bits per heavy atom. The Morgan fingerprint density at radius 1 is 1.04 bits per heavy atom. The SMILES string of the molecule is COc1cccc(N2C(=S)N(c3ccc(Br)cc3)C3CS(=O)(=O)CC32)c1. The molecule has 0 N–H and O–H groups in total. The molecular formula is C18H17BrN2O3S2. The number of halogens is 1. The largest absolute Gasteiger partial charge is 0.497 e. The Labute approximate surface area is 166 Å². The maximum Gasteiger partial charge on any atom is 0.181 e. The number of sulfone groups is 1. The van der Waals surface area contributed by atoms with Crippen LogP contribution < -0.4 is 14.5 Å². The van der Waals surface area contributed by atoms with Gasteiger partial charge in [-0.15, -0.1) is 0 Å². The minimum absolute atomic E-state index is 0.0993. The maximum atomic E-state index is 12.4. The van der Waals surface area contributed by atoms with E-state index in [-0.39, 0.29) is 23.6 Å². The van der Waals surface area contributed by atoms with Gasteiger partial charge in [-0.25, -0.2) is 8.42 Å². The van der Waals surface area contributed by atoms with Crippen molar-refractivity contribution in [3.63, 3.8) is 0 Å². The van der Waals surface area contributed by atoms with Crippen molar-refractivity contribution in [2.24, 2.45) is 0 Å². The Kier molecular flexibility index (Phi) is 4.45. The third-order valence-electron chi connectivity index (χ3n) is 4.81. The molecule has 2 saturated heterocycles. The van der Waals surface area contributed by atoms with Crippen molar-refractivity contribution in [3.8, 4) is 5.75 Å². The Balaban J connectivity index is 1.80. The predicted octanol–water partition coefficient (Wildman–Crippen LogP) is 3.23. The van der Waals surface area contributed by atoms with Gasteiger partial charge in [-0.1, -0.05) is 22.0 Å². The van der Waals surface area contributed by atoms with Gasteiger partial charge in [0.05, 0.1) is 30.7 Å². The third kappa shape index (κ3) is 3.00. The molecule has 0 bridgehead atoms. The van der Waals surface area contributed by atoms with Crippen molar-refractivity contribution in [2.45, 2.75) is 12.1 Å². The summed E-state index contributed by atoms with van der Waals surface area (Å²) >= 11 is 9.21. The maximum absolute atomic E-state index is 12.4. The Bertz CT molecular complexity index is 963.